The number of hydrogen-bond donors (Lipinski definition) is 0. The van der Waals surface area contributed by atoms with Gasteiger partial charge in [-0.2, -0.15) is 0 Å². The van der Waals surface area contributed by atoms with E-state index in [4.69, 9.17) is 0 Å². The second-order valence-electron chi connectivity index (χ2n) is 6.25. The van der Waals surface area contributed by atoms with E-state index < -0.39 is 0 Å². The molecule has 2 aliphatic heterocycles. The highest BCUT2D eigenvalue weighted by Gasteiger charge is 2.38. The molecule has 2 rings (SSSR count). The van der Waals surface area contributed by atoms with Crippen molar-refractivity contribution in [3.63, 3.8) is 0 Å². The fourth-order valence-electron chi connectivity index (χ4n) is 3.16. The molecule has 1 atom stereocenters. The first-order valence-electron chi connectivity index (χ1n) is 7.49. The molecule has 2 amide bonds. The summed E-state index contributed by atoms with van der Waals surface area (Å²) in [7, 11) is 0. The molecule has 2 aliphatic rings. The Balaban J connectivity index is 1.90. The summed E-state index contributed by atoms with van der Waals surface area (Å²) in [6, 6.07) is 0.156. The molecule has 0 spiro atoms. The molecule has 0 bridgehead atoms. The highest BCUT2D eigenvalue weighted by Crippen LogP contribution is 2.25. The van der Waals surface area contributed by atoms with Crippen LogP contribution in [0.5, 0.6) is 0 Å². The van der Waals surface area contributed by atoms with Gasteiger partial charge in [0, 0.05) is 38.0 Å². The van der Waals surface area contributed by atoms with Crippen molar-refractivity contribution in [3.8, 4) is 0 Å². The van der Waals surface area contributed by atoms with Crippen LogP contribution in [0, 0.1) is 11.8 Å². The van der Waals surface area contributed by atoms with E-state index in [1.807, 2.05) is 18.7 Å². The number of rotatable bonds is 3. The van der Waals surface area contributed by atoms with Crippen molar-refractivity contribution in [3.05, 3.63) is 0 Å². The Bertz CT molecular complexity index is 411. The summed E-state index contributed by atoms with van der Waals surface area (Å²) in [6.07, 6.45) is 1.86. The van der Waals surface area contributed by atoms with Gasteiger partial charge in [-0.05, 0) is 33.6 Å². The smallest absolute Gasteiger partial charge is 0.227 e. The van der Waals surface area contributed by atoms with Gasteiger partial charge in [0.1, 0.15) is 5.78 Å². The van der Waals surface area contributed by atoms with Crippen molar-refractivity contribution in [1.82, 2.24) is 9.80 Å². The summed E-state index contributed by atoms with van der Waals surface area (Å²) >= 11 is 0. The Labute approximate surface area is 120 Å². The monoisotopic (exact) mass is 280 g/mol. The first kappa shape index (κ1) is 15.0. The number of ketones is 1. The normalized spacial score (nSPS) is 24.6. The lowest BCUT2D eigenvalue weighted by atomic mass is 9.92. The van der Waals surface area contributed by atoms with Gasteiger partial charge in [-0.25, -0.2) is 0 Å². The zero-order chi connectivity index (χ0) is 14.9. The topological polar surface area (TPSA) is 57.7 Å². The van der Waals surface area contributed by atoms with Gasteiger partial charge in [0.25, 0.3) is 0 Å². The Hall–Kier alpha value is -1.39. The zero-order valence-corrected chi connectivity index (χ0v) is 12.6. The molecule has 0 aromatic carbocycles. The molecule has 0 N–H and O–H groups in total. The van der Waals surface area contributed by atoms with Gasteiger partial charge >= 0.3 is 0 Å². The quantitative estimate of drug-likeness (QED) is 0.777. The Morgan fingerprint density at radius 1 is 1.15 bits per heavy atom. The molecule has 5 heteroatoms. The van der Waals surface area contributed by atoms with Crippen LogP contribution in [-0.2, 0) is 14.4 Å². The van der Waals surface area contributed by atoms with Crippen molar-refractivity contribution < 1.29 is 14.4 Å². The lowest BCUT2D eigenvalue weighted by Crippen LogP contribution is -2.43. The molecule has 0 aromatic rings. The number of carbonyl (C=O) groups excluding carboxylic acids is 3. The molecule has 2 saturated heterocycles. The first-order valence-corrected chi connectivity index (χ1v) is 7.49. The minimum Gasteiger partial charge on any atom is -0.342 e. The molecule has 20 heavy (non-hydrogen) atoms. The van der Waals surface area contributed by atoms with E-state index in [1.165, 1.54) is 0 Å². The van der Waals surface area contributed by atoms with E-state index in [0.29, 0.717) is 26.1 Å². The molecular weight excluding hydrogens is 256 g/mol. The van der Waals surface area contributed by atoms with E-state index in [2.05, 4.69) is 0 Å². The van der Waals surface area contributed by atoms with Crippen LogP contribution in [0.25, 0.3) is 0 Å². The average Bonchev–Trinajstić information content (AvgIpc) is 2.80. The predicted molar refractivity (Wildman–Crippen MR) is 74.9 cm³/mol. The highest BCUT2D eigenvalue weighted by molar-refractivity contribution is 5.89. The molecule has 0 radical (unpaired) electrons. The number of Topliss-reactive ketones (excluding diaryl/α,β-unsaturated/α-hetero) is 1. The number of likely N-dealkylation sites (tertiary alicyclic amines) is 2. The number of carbonyl (C=O) groups is 3. The van der Waals surface area contributed by atoms with Crippen LogP contribution in [0.15, 0.2) is 0 Å². The van der Waals surface area contributed by atoms with Gasteiger partial charge in [-0.15, -0.1) is 0 Å². The Morgan fingerprint density at radius 3 is 2.20 bits per heavy atom. The van der Waals surface area contributed by atoms with Crippen LogP contribution in [0.3, 0.4) is 0 Å². The van der Waals surface area contributed by atoms with Crippen LogP contribution in [0.1, 0.15) is 40.0 Å². The maximum atomic E-state index is 12.5. The molecule has 1 unspecified atom stereocenters. The lowest BCUT2D eigenvalue weighted by molar-refractivity contribution is -0.138. The molecule has 2 heterocycles. The predicted octanol–water partition coefficient (Wildman–Crippen LogP) is 1.07. The third-order valence-electron chi connectivity index (χ3n) is 4.51. The maximum absolute atomic E-state index is 12.5. The third kappa shape index (κ3) is 3.02. The summed E-state index contributed by atoms with van der Waals surface area (Å²) in [5.74, 6) is 0.301. The summed E-state index contributed by atoms with van der Waals surface area (Å²) in [6.45, 7) is 7.41. The second-order valence-corrected chi connectivity index (χ2v) is 6.25. The molecule has 0 saturated carbocycles. The van der Waals surface area contributed by atoms with Crippen LogP contribution in [0.2, 0.25) is 0 Å². The van der Waals surface area contributed by atoms with E-state index >= 15 is 0 Å². The maximum Gasteiger partial charge on any atom is 0.227 e. The van der Waals surface area contributed by atoms with E-state index in [0.717, 1.165) is 12.8 Å². The van der Waals surface area contributed by atoms with Gasteiger partial charge < -0.3 is 9.80 Å². The minimum atomic E-state index is -0.196. The summed E-state index contributed by atoms with van der Waals surface area (Å²) < 4.78 is 0. The molecule has 112 valence electrons. The summed E-state index contributed by atoms with van der Waals surface area (Å²) in [5.41, 5.74) is 0. The fourth-order valence-corrected chi connectivity index (χ4v) is 3.16. The lowest BCUT2D eigenvalue weighted by Gasteiger charge is -2.32. The van der Waals surface area contributed by atoms with Gasteiger partial charge in [-0.1, -0.05) is 0 Å². The first-order chi connectivity index (χ1) is 9.40. The molecule has 0 aliphatic carbocycles. The van der Waals surface area contributed by atoms with Crippen molar-refractivity contribution in [1.29, 1.82) is 0 Å². The third-order valence-corrected chi connectivity index (χ3v) is 4.51. The van der Waals surface area contributed by atoms with Crippen LogP contribution < -0.4 is 0 Å². The average molecular weight is 280 g/mol. The summed E-state index contributed by atoms with van der Waals surface area (Å²) in [4.78, 5) is 39.3. The van der Waals surface area contributed by atoms with E-state index in [9.17, 15) is 14.4 Å². The van der Waals surface area contributed by atoms with Crippen LogP contribution in [-0.4, -0.2) is 53.1 Å². The molecular formula is C15H24N2O3. The van der Waals surface area contributed by atoms with Gasteiger partial charge in [-0.3, -0.25) is 14.4 Å². The number of amides is 2. The van der Waals surface area contributed by atoms with E-state index in [1.54, 1.807) is 11.8 Å². The van der Waals surface area contributed by atoms with Crippen molar-refractivity contribution in [2.24, 2.45) is 11.8 Å². The van der Waals surface area contributed by atoms with Gasteiger partial charge in [0.2, 0.25) is 11.8 Å². The van der Waals surface area contributed by atoms with Crippen LogP contribution >= 0.6 is 0 Å². The van der Waals surface area contributed by atoms with Crippen LogP contribution in [0.4, 0.5) is 0 Å². The number of hydrogen-bond acceptors (Lipinski definition) is 3. The SMILES string of the molecule is CC(=O)C1CCN(C(=O)C2CC(=O)N(C(C)C)C2)CC1. The molecule has 0 aromatic heterocycles. The standard InChI is InChI=1S/C15H24N2O3/c1-10(2)17-9-13(8-14(17)19)15(20)16-6-4-12(5-7-16)11(3)18/h10,12-13H,4-9H2,1-3H3. The van der Waals surface area contributed by atoms with Gasteiger partial charge in [0.05, 0.1) is 5.92 Å². The summed E-state index contributed by atoms with van der Waals surface area (Å²) in [5, 5.41) is 0. The second kappa shape index (κ2) is 5.94. The fraction of sp³-hybridized carbons (Fsp3) is 0.800. The minimum absolute atomic E-state index is 0.0805. The van der Waals surface area contributed by atoms with Crippen molar-refractivity contribution in [2.75, 3.05) is 19.6 Å². The van der Waals surface area contributed by atoms with Gasteiger partial charge in [0.15, 0.2) is 0 Å². The Morgan fingerprint density at radius 2 is 1.75 bits per heavy atom. The largest absolute Gasteiger partial charge is 0.342 e. The number of nitrogens with zero attached hydrogens (tertiary/aromatic N) is 2. The number of piperidine rings is 1. The van der Waals surface area contributed by atoms with Crippen molar-refractivity contribution in [2.45, 2.75) is 46.1 Å². The molecule has 2 fully saturated rings. The Kier molecular flexibility index (Phi) is 4.45. The van der Waals surface area contributed by atoms with E-state index in [-0.39, 0.29) is 35.5 Å². The van der Waals surface area contributed by atoms with Crippen molar-refractivity contribution >= 4 is 17.6 Å². The highest BCUT2D eigenvalue weighted by atomic mass is 16.2. The zero-order valence-electron chi connectivity index (χ0n) is 12.6. The molecule has 5 nitrogen and oxygen atoms in total.